The van der Waals surface area contributed by atoms with E-state index in [0.717, 1.165) is 10.9 Å². The van der Waals surface area contributed by atoms with Crippen LogP contribution in [0, 0.1) is 11.7 Å². The average Bonchev–Trinajstić information content (AvgIpc) is 2.66. The molecule has 1 aromatic heterocycles. The van der Waals surface area contributed by atoms with Crippen molar-refractivity contribution in [3.05, 3.63) is 77.9 Å². The lowest BCUT2D eigenvalue weighted by molar-refractivity contribution is -0.113. The van der Waals surface area contributed by atoms with Crippen molar-refractivity contribution in [3.63, 3.8) is 0 Å². The van der Waals surface area contributed by atoms with Crippen molar-refractivity contribution in [2.45, 2.75) is 13.8 Å². The first-order valence-electron chi connectivity index (χ1n) is 8.64. The summed E-state index contributed by atoms with van der Waals surface area (Å²) in [6, 6.07) is 17.4. The summed E-state index contributed by atoms with van der Waals surface area (Å²) in [6.45, 7) is 3.75. The zero-order valence-electron chi connectivity index (χ0n) is 15.2. The molecule has 138 valence electrons. The van der Waals surface area contributed by atoms with Gasteiger partial charge in [0.25, 0.3) is 5.91 Å². The molecule has 3 rings (SSSR count). The summed E-state index contributed by atoms with van der Waals surface area (Å²) in [7, 11) is 0. The molecular formula is C21H21FN4O. The summed E-state index contributed by atoms with van der Waals surface area (Å²) in [5.74, 6) is -0.624. The van der Waals surface area contributed by atoms with Crippen molar-refractivity contribution >= 4 is 28.3 Å². The number of carbonyl (C=O) groups excluding carboxylic acids is 1. The summed E-state index contributed by atoms with van der Waals surface area (Å²) < 4.78 is 13.9. The molecule has 27 heavy (non-hydrogen) atoms. The van der Waals surface area contributed by atoms with Gasteiger partial charge in [-0.1, -0.05) is 44.2 Å². The van der Waals surface area contributed by atoms with Crippen molar-refractivity contribution in [2.24, 2.45) is 11.7 Å². The van der Waals surface area contributed by atoms with Gasteiger partial charge in [-0.25, -0.2) is 9.37 Å². The Morgan fingerprint density at radius 2 is 1.70 bits per heavy atom. The fraction of sp³-hybridized carbons (Fsp3) is 0.143. The third kappa shape index (κ3) is 4.23. The molecule has 0 spiro atoms. The smallest absolute Gasteiger partial charge is 0.274 e. The number of rotatable bonds is 5. The Kier molecular flexibility index (Phi) is 5.35. The number of nitrogens with two attached hydrogens (primary N) is 1. The van der Waals surface area contributed by atoms with Crippen molar-refractivity contribution in [1.82, 2.24) is 4.98 Å². The van der Waals surface area contributed by atoms with Crippen molar-refractivity contribution in [3.8, 4) is 0 Å². The van der Waals surface area contributed by atoms with E-state index < -0.39 is 11.7 Å². The number of allylic oxidation sites excluding steroid dienone is 1. The third-order valence-corrected chi connectivity index (χ3v) is 4.10. The van der Waals surface area contributed by atoms with E-state index in [9.17, 15) is 9.18 Å². The second-order valence-corrected chi connectivity index (χ2v) is 6.43. The molecular weight excluding hydrogens is 343 g/mol. The molecule has 0 aliphatic carbocycles. The Morgan fingerprint density at radius 1 is 1.00 bits per heavy atom. The number of pyridine rings is 1. The van der Waals surface area contributed by atoms with Crippen LogP contribution in [0.25, 0.3) is 10.9 Å². The molecule has 4 N–H and O–H groups in total. The molecule has 0 aliphatic rings. The van der Waals surface area contributed by atoms with Crippen LogP contribution in [0.15, 0.2) is 72.1 Å². The van der Waals surface area contributed by atoms with Crippen LogP contribution in [0.2, 0.25) is 0 Å². The number of amides is 1. The van der Waals surface area contributed by atoms with Crippen LogP contribution in [-0.2, 0) is 4.79 Å². The van der Waals surface area contributed by atoms with Gasteiger partial charge in [-0.3, -0.25) is 4.79 Å². The predicted octanol–water partition coefficient (Wildman–Crippen LogP) is 4.25. The molecule has 6 heteroatoms. The molecule has 0 saturated carbocycles. The van der Waals surface area contributed by atoms with Gasteiger partial charge in [-0.05, 0) is 36.2 Å². The average molecular weight is 364 g/mol. The number of fused-ring (bicyclic) bond motifs is 1. The molecule has 0 aliphatic heterocycles. The number of hydrogen-bond acceptors (Lipinski definition) is 4. The first-order chi connectivity index (χ1) is 13.0. The molecule has 0 atom stereocenters. The van der Waals surface area contributed by atoms with Crippen LogP contribution in [0.3, 0.4) is 0 Å². The van der Waals surface area contributed by atoms with Crippen molar-refractivity contribution in [2.75, 3.05) is 10.6 Å². The number of anilines is 2. The van der Waals surface area contributed by atoms with E-state index in [0.29, 0.717) is 11.5 Å². The summed E-state index contributed by atoms with van der Waals surface area (Å²) in [4.78, 5) is 17.0. The summed E-state index contributed by atoms with van der Waals surface area (Å²) in [6.07, 6.45) is 0. The normalized spacial score (nSPS) is 12.0. The molecule has 0 unspecified atom stereocenters. The Hall–Kier alpha value is -3.41. The van der Waals surface area contributed by atoms with Crippen LogP contribution < -0.4 is 16.4 Å². The number of halogens is 1. The van der Waals surface area contributed by atoms with Crippen LogP contribution in [0.5, 0.6) is 0 Å². The number of hydrogen-bond donors (Lipinski definition) is 3. The van der Waals surface area contributed by atoms with E-state index in [4.69, 9.17) is 5.73 Å². The van der Waals surface area contributed by atoms with Gasteiger partial charge in [0.15, 0.2) is 0 Å². The van der Waals surface area contributed by atoms with Crippen LogP contribution in [0.4, 0.5) is 15.9 Å². The van der Waals surface area contributed by atoms with E-state index in [2.05, 4.69) is 15.6 Å². The summed E-state index contributed by atoms with van der Waals surface area (Å²) in [5, 5.41) is 6.62. The van der Waals surface area contributed by atoms with Gasteiger partial charge in [0.2, 0.25) is 0 Å². The highest BCUT2D eigenvalue weighted by Crippen LogP contribution is 2.21. The second kappa shape index (κ2) is 7.86. The minimum Gasteiger partial charge on any atom is -0.393 e. The minimum atomic E-state index is -0.495. The van der Waals surface area contributed by atoms with E-state index in [-0.39, 0.29) is 17.3 Å². The monoisotopic (exact) mass is 364 g/mol. The molecule has 3 aromatic rings. The lowest BCUT2D eigenvalue weighted by Gasteiger charge is -2.18. The Labute approximate surface area is 157 Å². The number of nitrogens with one attached hydrogen (secondary N) is 2. The van der Waals surface area contributed by atoms with E-state index in [1.807, 2.05) is 44.2 Å². The SMILES string of the molecule is CC(C)/C(Nc1ccccc1F)=C(/N)C(=O)Nc1ccc2ccccc2n1. The highest BCUT2D eigenvalue weighted by atomic mass is 19.1. The fourth-order valence-corrected chi connectivity index (χ4v) is 2.67. The van der Waals surface area contributed by atoms with Gasteiger partial charge < -0.3 is 16.4 Å². The highest BCUT2D eigenvalue weighted by Gasteiger charge is 2.17. The standard InChI is InChI=1S/C21H21FN4O/c1-13(2)20(25-17-10-6-4-8-15(17)22)19(23)21(27)26-18-12-11-14-7-3-5-9-16(14)24-18/h3-13,25H,23H2,1-2H3,(H,24,26,27)/b20-19-. The molecule has 2 aromatic carbocycles. The first kappa shape index (κ1) is 18.4. The molecule has 0 radical (unpaired) electrons. The molecule has 1 amide bonds. The molecule has 0 saturated heterocycles. The van der Waals surface area contributed by atoms with Crippen LogP contribution in [-0.4, -0.2) is 10.9 Å². The van der Waals surface area contributed by atoms with E-state index >= 15 is 0 Å². The first-order valence-corrected chi connectivity index (χ1v) is 8.64. The van der Waals surface area contributed by atoms with Crippen LogP contribution >= 0.6 is 0 Å². The van der Waals surface area contributed by atoms with Crippen LogP contribution in [0.1, 0.15) is 13.8 Å². The largest absolute Gasteiger partial charge is 0.393 e. The number of para-hydroxylation sites is 2. The Balaban J connectivity index is 1.86. The van der Waals surface area contributed by atoms with Gasteiger partial charge in [0.05, 0.1) is 11.2 Å². The number of benzene rings is 2. The summed E-state index contributed by atoms with van der Waals surface area (Å²) in [5.41, 5.74) is 7.54. The van der Waals surface area contributed by atoms with E-state index in [1.165, 1.54) is 6.07 Å². The quantitative estimate of drug-likeness (QED) is 0.591. The topological polar surface area (TPSA) is 80.0 Å². The maximum absolute atomic E-state index is 13.9. The van der Waals surface area contributed by atoms with Gasteiger partial charge in [0, 0.05) is 11.1 Å². The number of carbonyl (C=O) groups is 1. The predicted molar refractivity (Wildman–Crippen MR) is 106 cm³/mol. The van der Waals surface area contributed by atoms with E-state index in [1.54, 1.807) is 24.3 Å². The molecule has 1 heterocycles. The lowest BCUT2D eigenvalue weighted by Crippen LogP contribution is -2.26. The van der Waals surface area contributed by atoms with Gasteiger partial charge >= 0.3 is 0 Å². The Bertz CT molecular complexity index is 1010. The van der Waals surface area contributed by atoms with Crippen molar-refractivity contribution in [1.29, 1.82) is 0 Å². The highest BCUT2D eigenvalue weighted by molar-refractivity contribution is 6.03. The maximum Gasteiger partial charge on any atom is 0.274 e. The van der Waals surface area contributed by atoms with Gasteiger partial charge in [-0.15, -0.1) is 0 Å². The fourth-order valence-electron chi connectivity index (χ4n) is 2.67. The zero-order chi connectivity index (χ0) is 19.4. The molecule has 0 fully saturated rings. The third-order valence-electron chi connectivity index (χ3n) is 4.10. The number of aromatic nitrogens is 1. The summed E-state index contributed by atoms with van der Waals surface area (Å²) >= 11 is 0. The molecule has 0 bridgehead atoms. The van der Waals surface area contributed by atoms with Gasteiger partial charge in [-0.2, -0.15) is 0 Å². The second-order valence-electron chi connectivity index (χ2n) is 6.43. The van der Waals surface area contributed by atoms with Crippen molar-refractivity contribution < 1.29 is 9.18 Å². The molecule has 5 nitrogen and oxygen atoms in total. The lowest BCUT2D eigenvalue weighted by atomic mass is 10.1. The Morgan fingerprint density at radius 3 is 2.44 bits per heavy atom. The maximum atomic E-state index is 13.9. The zero-order valence-corrected chi connectivity index (χ0v) is 15.2. The number of nitrogens with zero attached hydrogens (tertiary/aromatic N) is 1. The minimum absolute atomic E-state index is 0.0109. The van der Waals surface area contributed by atoms with Gasteiger partial charge in [0.1, 0.15) is 17.3 Å².